The molecule has 0 saturated heterocycles. The van der Waals surface area contributed by atoms with Gasteiger partial charge in [0.15, 0.2) is 0 Å². The van der Waals surface area contributed by atoms with Crippen LogP contribution in [0.4, 0.5) is 15.4 Å². The van der Waals surface area contributed by atoms with Crippen LogP contribution in [0.15, 0.2) is 30.6 Å². The van der Waals surface area contributed by atoms with Crippen molar-refractivity contribution in [1.82, 2.24) is 9.38 Å². The summed E-state index contributed by atoms with van der Waals surface area (Å²) in [4.78, 5) is 30.3. The minimum Gasteiger partial charge on any atom is -0.443 e. The first-order valence-electron chi connectivity index (χ1n) is 7.66. The van der Waals surface area contributed by atoms with E-state index in [2.05, 4.69) is 4.98 Å². The standard InChI is InChI=1S/C17H23N3O4/c1-16(2,3)23-14(21)20(15(22)24-17(4,5)6)13-9-7-8-12-18-10-11-19(12)13/h7-11H,1-6H3. The maximum atomic E-state index is 12.6. The molecule has 7 nitrogen and oxygen atoms in total. The monoisotopic (exact) mass is 333 g/mol. The Hall–Kier alpha value is -2.57. The highest BCUT2D eigenvalue weighted by Gasteiger charge is 2.33. The highest BCUT2D eigenvalue weighted by Crippen LogP contribution is 2.22. The van der Waals surface area contributed by atoms with E-state index < -0.39 is 23.4 Å². The molecule has 2 aromatic heterocycles. The lowest BCUT2D eigenvalue weighted by Gasteiger charge is -2.28. The van der Waals surface area contributed by atoms with E-state index in [1.54, 1.807) is 76.5 Å². The van der Waals surface area contributed by atoms with Crippen LogP contribution < -0.4 is 4.90 Å². The first kappa shape index (κ1) is 17.8. The van der Waals surface area contributed by atoms with Crippen molar-refractivity contribution in [1.29, 1.82) is 0 Å². The van der Waals surface area contributed by atoms with Crippen molar-refractivity contribution in [3.8, 4) is 0 Å². The number of amides is 2. The molecule has 0 fully saturated rings. The van der Waals surface area contributed by atoms with E-state index in [0.29, 0.717) is 11.5 Å². The summed E-state index contributed by atoms with van der Waals surface area (Å²) in [5.41, 5.74) is -0.898. The first-order valence-corrected chi connectivity index (χ1v) is 7.66. The zero-order chi connectivity index (χ0) is 18.1. The lowest BCUT2D eigenvalue weighted by atomic mass is 10.2. The van der Waals surface area contributed by atoms with E-state index >= 15 is 0 Å². The average molecular weight is 333 g/mol. The molecule has 0 radical (unpaired) electrons. The van der Waals surface area contributed by atoms with Crippen molar-refractivity contribution in [3.63, 3.8) is 0 Å². The van der Waals surface area contributed by atoms with Gasteiger partial charge in [0.05, 0.1) is 0 Å². The topological polar surface area (TPSA) is 73.1 Å². The van der Waals surface area contributed by atoms with Gasteiger partial charge < -0.3 is 9.47 Å². The minimum absolute atomic E-state index is 0.300. The van der Waals surface area contributed by atoms with Crippen LogP contribution in [0.1, 0.15) is 41.5 Å². The molecule has 130 valence electrons. The average Bonchev–Trinajstić information content (AvgIpc) is 2.83. The maximum Gasteiger partial charge on any atom is 0.425 e. The number of ether oxygens (including phenoxy) is 2. The van der Waals surface area contributed by atoms with Crippen LogP contribution in [0.5, 0.6) is 0 Å². The van der Waals surface area contributed by atoms with Crippen LogP contribution in [0.3, 0.4) is 0 Å². The summed E-state index contributed by atoms with van der Waals surface area (Å²) < 4.78 is 12.4. The number of nitrogens with zero attached hydrogens (tertiary/aromatic N) is 3. The zero-order valence-electron chi connectivity index (χ0n) is 14.9. The molecule has 0 aromatic carbocycles. The van der Waals surface area contributed by atoms with Crippen molar-refractivity contribution >= 4 is 23.7 Å². The molecule has 2 heterocycles. The second kappa shape index (κ2) is 6.14. The zero-order valence-corrected chi connectivity index (χ0v) is 14.9. The van der Waals surface area contributed by atoms with Crippen LogP contribution in [0, 0.1) is 0 Å². The van der Waals surface area contributed by atoms with Crippen LogP contribution in [0.25, 0.3) is 5.65 Å². The second-order valence-electron chi connectivity index (χ2n) is 7.34. The predicted octanol–water partition coefficient (Wildman–Crippen LogP) is 4.01. The van der Waals surface area contributed by atoms with Gasteiger partial charge >= 0.3 is 12.2 Å². The number of carbonyl (C=O) groups is 2. The molecule has 0 N–H and O–H groups in total. The summed E-state index contributed by atoms with van der Waals surface area (Å²) in [5.74, 6) is 0.300. The number of carbonyl (C=O) groups excluding carboxylic acids is 2. The second-order valence-corrected chi connectivity index (χ2v) is 7.34. The van der Waals surface area contributed by atoms with E-state index in [4.69, 9.17) is 9.47 Å². The molecule has 0 atom stereocenters. The van der Waals surface area contributed by atoms with E-state index in [0.717, 1.165) is 4.90 Å². The van der Waals surface area contributed by atoms with Crippen molar-refractivity contribution < 1.29 is 19.1 Å². The van der Waals surface area contributed by atoms with Gasteiger partial charge in [-0.1, -0.05) is 6.07 Å². The third kappa shape index (κ3) is 4.24. The third-order valence-corrected chi connectivity index (χ3v) is 2.79. The van der Waals surface area contributed by atoms with E-state index in [1.165, 1.54) is 0 Å². The number of hydrogen-bond acceptors (Lipinski definition) is 5. The van der Waals surface area contributed by atoms with Gasteiger partial charge in [0.25, 0.3) is 0 Å². The lowest BCUT2D eigenvalue weighted by Crippen LogP contribution is -2.44. The Morgan fingerprint density at radius 2 is 1.54 bits per heavy atom. The van der Waals surface area contributed by atoms with Crippen molar-refractivity contribution in [3.05, 3.63) is 30.6 Å². The molecule has 2 rings (SSSR count). The van der Waals surface area contributed by atoms with Crippen LogP contribution in [-0.4, -0.2) is 32.8 Å². The van der Waals surface area contributed by atoms with Gasteiger partial charge in [-0.25, -0.2) is 14.6 Å². The number of anilines is 1. The Morgan fingerprint density at radius 1 is 1.00 bits per heavy atom. The highest BCUT2D eigenvalue weighted by molar-refractivity contribution is 6.09. The highest BCUT2D eigenvalue weighted by atomic mass is 16.6. The number of rotatable bonds is 1. The number of pyridine rings is 1. The number of aromatic nitrogens is 2. The maximum absolute atomic E-state index is 12.6. The summed E-state index contributed by atoms with van der Waals surface area (Å²) >= 11 is 0. The van der Waals surface area contributed by atoms with Crippen LogP contribution in [0.2, 0.25) is 0 Å². The van der Waals surface area contributed by atoms with Crippen molar-refractivity contribution in [2.45, 2.75) is 52.7 Å². The van der Waals surface area contributed by atoms with Gasteiger partial charge in [-0.2, -0.15) is 4.90 Å². The fourth-order valence-electron chi connectivity index (χ4n) is 1.99. The minimum atomic E-state index is -0.807. The molecule has 0 aliphatic rings. The van der Waals surface area contributed by atoms with Gasteiger partial charge in [0, 0.05) is 12.4 Å². The molecule has 0 spiro atoms. The van der Waals surface area contributed by atoms with Gasteiger partial charge in [-0.05, 0) is 53.7 Å². The van der Waals surface area contributed by atoms with Crippen LogP contribution in [-0.2, 0) is 9.47 Å². The molecule has 2 aromatic rings. The van der Waals surface area contributed by atoms with E-state index in [-0.39, 0.29) is 0 Å². The molecule has 0 saturated carbocycles. The Balaban J connectivity index is 2.48. The largest absolute Gasteiger partial charge is 0.443 e. The molecular weight excluding hydrogens is 310 g/mol. The number of imide groups is 1. The molecule has 0 unspecified atom stereocenters. The normalized spacial score (nSPS) is 12.1. The van der Waals surface area contributed by atoms with Gasteiger partial charge in [0.1, 0.15) is 22.7 Å². The summed E-state index contributed by atoms with van der Waals surface area (Å²) in [6.45, 7) is 10.4. The molecule has 24 heavy (non-hydrogen) atoms. The Labute approximate surface area is 141 Å². The molecule has 2 amide bonds. The van der Waals surface area contributed by atoms with Crippen molar-refractivity contribution in [2.75, 3.05) is 4.90 Å². The lowest BCUT2D eigenvalue weighted by molar-refractivity contribution is 0.0428. The van der Waals surface area contributed by atoms with Gasteiger partial charge in [-0.3, -0.25) is 4.40 Å². The smallest absolute Gasteiger partial charge is 0.425 e. The number of imidazole rings is 1. The fraction of sp³-hybridized carbons (Fsp3) is 0.471. The molecular formula is C17H23N3O4. The molecule has 0 aliphatic carbocycles. The Bertz CT molecular complexity index is 725. The molecule has 0 bridgehead atoms. The summed E-state index contributed by atoms with van der Waals surface area (Å²) in [7, 11) is 0. The first-order chi connectivity index (χ1) is 11.0. The summed E-state index contributed by atoms with van der Waals surface area (Å²) in [5, 5.41) is 0. The number of hydrogen-bond donors (Lipinski definition) is 0. The van der Waals surface area contributed by atoms with Gasteiger partial charge in [-0.15, -0.1) is 0 Å². The Kier molecular flexibility index (Phi) is 4.55. The third-order valence-electron chi connectivity index (χ3n) is 2.79. The van der Waals surface area contributed by atoms with E-state index in [9.17, 15) is 9.59 Å². The molecule has 7 heteroatoms. The van der Waals surface area contributed by atoms with E-state index in [1.807, 2.05) is 0 Å². The Morgan fingerprint density at radius 3 is 2.04 bits per heavy atom. The summed E-state index contributed by atoms with van der Waals surface area (Å²) in [6.07, 6.45) is 1.63. The van der Waals surface area contributed by atoms with Crippen LogP contribution >= 0.6 is 0 Å². The quantitative estimate of drug-likeness (QED) is 0.788. The van der Waals surface area contributed by atoms with Crippen molar-refractivity contribution in [2.24, 2.45) is 0 Å². The molecule has 0 aliphatic heterocycles. The predicted molar refractivity (Wildman–Crippen MR) is 90.1 cm³/mol. The fourth-order valence-corrected chi connectivity index (χ4v) is 1.99. The SMILES string of the molecule is CC(C)(C)OC(=O)N(C(=O)OC(C)(C)C)c1cccc2nccn12. The van der Waals surface area contributed by atoms with Gasteiger partial charge in [0.2, 0.25) is 0 Å². The summed E-state index contributed by atoms with van der Waals surface area (Å²) in [6, 6.07) is 5.10. The number of fused-ring (bicyclic) bond motifs is 1.